The highest BCUT2D eigenvalue weighted by Crippen LogP contribution is 2.37. The number of rotatable bonds is 9. The van der Waals surface area contributed by atoms with Gasteiger partial charge < -0.3 is 25.1 Å². The Morgan fingerprint density at radius 1 is 1.22 bits per heavy atom. The van der Waals surface area contributed by atoms with E-state index in [1.807, 2.05) is 24.3 Å². The lowest BCUT2D eigenvalue weighted by Gasteiger charge is -2.28. The lowest BCUT2D eigenvalue weighted by Crippen LogP contribution is -2.19. The van der Waals surface area contributed by atoms with Gasteiger partial charge in [-0.1, -0.05) is 45.5 Å². The molecule has 0 radical (unpaired) electrons. The second-order valence-electron chi connectivity index (χ2n) is 8.58. The molecule has 3 rings (SSSR count). The molecule has 0 saturated carbocycles. The van der Waals surface area contributed by atoms with Crippen LogP contribution in [-0.2, 0) is 23.2 Å². The SMILES string of the molecule is C=C(C)Oc1c(C#N)cc(C(C)(C)c2ccc(OCc3ccnc(NC)n3)cc2)cc1CC.CC=O.O.[HH]. The number of nitriles is 1. The van der Waals surface area contributed by atoms with Gasteiger partial charge >= 0.3 is 0 Å². The van der Waals surface area contributed by atoms with E-state index in [-0.39, 0.29) is 12.3 Å². The van der Waals surface area contributed by atoms with Gasteiger partial charge in [0.1, 0.15) is 30.5 Å². The standard InChI is InChI=1S/C27H30N4O2.C2H4O.H2O.H2/c1-7-19-14-22(15-20(16-28)25(19)33-18(2)3)27(4,5)21-8-10-24(11-9-21)32-17-23-12-13-30-26(29-6)31-23;1-2-3;;/h8-15H,2,7,17H2,1,3-6H3,(H,29,30,31);2H,1H3;1H2;1H. The smallest absolute Gasteiger partial charge is 0.222 e. The number of carbonyl (C=O) groups is 1. The number of aryl methyl sites for hydroxylation is 1. The molecule has 8 nitrogen and oxygen atoms in total. The number of aromatic nitrogens is 2. The van der Waals surface area contributed by atoms with E-state index in [2.05, 4.69) is 66.9 Å². The van der Waals surface area contributed by atoms with Gasteiger partial charge in [-0.15, -0.1) is 0 Å². The Morgan fingerprint density at radius 3 is 2.41 bits per heavy atom. The van der Waals surface area contributed by atoms with Crippen molar-refractivity contribution in [2.75, 3.05) is 12.4 Å². The summed E-state index contributed by atoms with van der Waals surface area (Å²) in [7, 11) is 1.78. The van der Waals surface area contributed by atoms with Gasteiger partial charge in [0.2, 0.25) is 5.95 Å². The second kappa shape index (κ2) is 14.4. The molecule has 8 heteroatoms. The van der Waals surface area contributed by atoms with Crippen LogP contribution in [-0.4, -0.2) is 28.8 Å². The Labute approximate surface area is 220 Å². The van der Waals surface area contributed by atoms with Gasteiger partial charge in [-0.25, -0.2) is 9.97 Å². The minimum absolute atomic E-state index is 0. The molecule has 0 aliphatic carbocycles. The minimum atomic E-state index is -0.315. The largest absolute Gasteiger partial charge is 0.487 e. The quantitative estimate of drug-likeness (QED) is 0.304. The summed E-state index contributed by atoms with van der Waals surface area (Å²) < 4.78 is 11.7. The van der Waals surface area contributed by atoms with Crippen LogP contribution in [0.3, 0.4) is 0 Å². The Balaban J connectivity index is 0.00000261. The third-order valence-electron chi connectivity index (χ3n) is 5.56. The van der Waals surface area contributed by atoms with E-state index in [0.29, 0.717) is 29.6 Å². The van der Waals surface area contributed by atoms with Crippen molar-refractivity contribution in [3.63, 3.8) is 0 Å². The number of nitrogens with one attached hydrogen (secondary N) is 1. The topological polar surface area (TPSA) is 129 Å². The zero-order chi connectivity index (χ0) is 26.7. The molecule has 0 aliphatic rings. The Morgan fingerprint density at radius 2 is 1.86 bits per heavy atom. The summed E-state index contributed by atoms with van der Waals surface area (Å²) >= 11 is 0. The molecule has 1 aromatic heterocycles. The summed E-state index contributed by atoms with van der Waals surface area (Å²) in [5.74, 6) is 2.49. The molecule has 0 unspecified atom stereocenters. The fraction of sp³-hybridized carbons (Fsp3) is 0.310. The van der Waals surface area contributed by atoms with E-state index in [4.69, 9.17) is 14.3 Å². The first-order valence-electron chi connectivity index (χ1n) is 11.7. The first-order valence-corrected chi connectivity index (χ1v) is 11.7. The molecule has 37 heavy (non-hydrogen) atoms. The number of anilines is 1. The van der Waals surface area contributed by atoms with Crippen molar-refractivity contribution < 1.29 is 21.2 Å². The summed E-state index contributed by atoms with van der Waals surface area (Å²) in [5, 5.41) is 12.7. The van der Waals surface area contributed by atoms with Crippen LogP contribution in [0, 0.1) is 11.3 Å². The molecule has 0 atom stereocenters. The first-order chi connectivity index (χ1) is 17.2. The van der Waals surface area contributed by atoms with Gasteiger partial charge in [0.15, 0.2) is 0 Å². The summed E-state index contributed by atoms with van der Waals surface area (Å²) in [5.41, 5.74) is 4.17. The van der Waals surface area contributed by atoms with Crippen molar-refractivity contribution in [2.24, 2.45) is 0 Å². The van der Waals surface area contributed by atoms with E-state index >= 15 is 0 Å². The molecular weight excluding hydrogens is 468 g/mol. The van der Waals surface area contributed by atoms with Crippen molar-refractivity contribution in [3.05, 3.63) is 88.9 Å². The molecule has 198 valence electrons. The molecule has 0 bridgehead atoms. The molecular formula is C29H38N4O4. The predicted octanol–water partition coefficient (Wildman–Crippen LogP) is 5.40. The normalized spacial score (nSPS) is 10.1. The van der Waals surface area contributed by atoms with Gasteiger partial charge in [0.05, 0.1) is 17.0 Å². The van der Waals surface area contributed by atoms with Crippen LogP contribution in [0.1, 0.15) is 64.0 Å². The second-order valence-corrected chi connectivity index (χ2v) is 8.58. The molecule has 1 heterocycles. The van der Waals surface area contributed by atoms with Crippen molar-refractivity contribution in [1.82, 2.24) is 9.97 Å². The van der Waals surface area contributed by atoms with Crippen molar-refractivity contribution in [3.8, 4) is 17.6 Å². The lowest BCUT2D eigenvalue weighted by atomic mass is 9.77. The average molecular weight is 507 g/mol. The zero-order valence-corrected chi connectivity index (χ0v) is 22.4. The number of hydrogen-bond donors (Lipinski definition) is 1. The van der Waals surface area contributed by atoms with Crippen LogP contribution in [0.25, 0.3) is 0 Å². The van der Waals surface area contributed by atoms with Crippen LogP contribution in [0.5, 0.6) is 11.5 Å². The molecule has 2 aromatic carbocycles. The van der Waals surface area contributed by atoms with E-state index < -0.39 is 0 Å². The van der Waals surface area contributed by atoms with Crippen LogP contribution in [0.4, 0.5) is 5.95 Å². The molecule has 0 saturated heterocycles. The summed E-state index contributed by atoms with van der Waals surface area (Å²) in [6, 6.07) is 16.2. The molecule has 3 N–H and O–H groups in total. The van der Waals surface area contributed by atoms with E-state index in [1.54, 1.807) is 20.2 Å². The fourth-order valence-electron chi connectivity index (χ4n) is 3.58. The number of ether oxygens (including phenoxy) is 2. The highest BCUT2D eigenvalue weighted by atomic mass is 16.5. The van der Waals surface area contributed by atoms with Crippen LogP contribution >= 0.6 is 0 Å². The van der Waals surface area contributed by atoms with Gasteiger partial charge in [-0.2, -0.15) is 5.26 Å². The molecule has 0 spiro atoms. The van der Waals surface area contributed by atoms with Crippen molar-refractivity contribution in [2.45, 2.75) is 53.1 Å². The maximum Gasteiger partial charge on any atom is 0.222 e. The van der Waals surface area contributed by atoms with Crippen LogP contribution in [0.2, 0.25) is 0 Å². The number of hydrogen-bond acceptors (Lipinski definition) is 7. The number of benzene rings is 2. The summed E-state index contributed by atoms with van der Waals surface area (Å²) in [6.07, 6.45) is 3.21. The van der Waals surface area contributed by atoms with Crippen molar-refractivity contribution in [1.29, 1.82) is 5.26 Å². The average Bonchev–Trinajstić information content (AvgIpc) is 2.88. The number of nitrogens with zero attached hydrogens (tertiary/aromatic N) is 3. The predicted molar refractivity (Wildman–Crippen MR) is 148 cm³/mol. The van der Waals surface area contributed by atoms with Crippen molar-refractivity contribution >= 4 is 12.2 Å². The summed E-state index contributed by atoms with van der Waals surface area (Å²) in [6.45, 7) is 13.8. The maximum atomic E-state index is 9.75. The number of carbonyl (C=O) groups excluding carboxylic acids is 1. The van der Waals surface area contributed by atoms with Gasteiger partial charge in [0, 0.05) is 20.1 Å². The highest BCUT2D eigenvalue weighted by Gasteiger charge is 2.26. The summed E-state index contributed by atoms with van der Waals surface area (Å²) in [4.78, 5) is 17.3. The highest BCUT2D eigenvalue weighted by molar-refractivity contribution is 5.55. The monoisotopic (exact) mass is 506 g/mol. The third kappa shape index (κ3) is 8.16. The number of aldehydes is 1. The molecule has 3 aromatic rings. The van der Waals surface area contributed by atoms with E-state index in [0.717, 1.165) is 40.8 Å². The Kier molecular flexibility index (Phi) is 12.0. The zero-order valence-electron chi connectivity index (χ0n) is 22.4. The lowest BCUT2D eigenvalue weighted by molar-refractivity contribution is -0.106. The maximum absolute atomic E-state index is 9.75. The van der Waals surface area contributed by atoms with E-state index in [1.165, 1.54) is 6.92 Å². The Bertz CT molecular complexity index is 1240. The van der Waals surface area contributed by atoms with Crippen LogP contribution < -0.4 is 14.8 Å². The first kappa shape index (κ1) is 30.8. The van der Waals surface area contributed by atoms with Gasteiger partial charge in [-0.05, 0) is 61.2 Å². The number of allylic oxidation sites excluding steroid dienone is 1. The third-order valence-corrected chi connectivity index (χ3v) is 5.56. The van der Waals surface area contributed by atoms with Crippen LogP contribution in [0.15, 0.2) is 61.0 Å². The van der Waals surface area contributed by atoms with Gasteiger partial charge in [0.25, 0.3) is 0 Å². The Hall–Kier alpha value is -4.22. The fourth-order valence-corrected chi connectivity index (χ4v) is 3.58. The molecule has 0 amide bonds. The van der Waals surface area contributed by atoms with E-state index in [9.17, 15) is 5.26 Å². The van der Waals surface area contributed by atoms with Gasteiger partial charge in [-0.3, -0.25) is 0 Å². The molecule has 0 aliphatic heterocycles. The minimum Gasteiger partial charge on any atom is -0.487 e. The molecule has 0 fully saturated rings.